The molecule has 3 heterocycles. The van der Waals surface area contributed by atoms with Gasteiger partial charge in [-0.2, -0.15) is 0 Å². The Morgan fingerprint density at radius 3 is 1.91 bits per heavy atom. The molecule has 4 aromatic rings. The molecule has 1 aromatic carbocycles. The highest BCUT2D eigenvalue weighted by molar-refractivity contribution is 5.73. The summed E-state index contributed by atoms with van der Waals surface area (Å²) in [4.78, 5) is 35.0. The van der Waals surface area contributed by atoms with Crippen molar-refractivity contribution in [2.45, 2.75) is 6.92 Å². The molecule has 33 heavy (non-hydrogen) atoms. The smallest absolute Gasteiger partial charge is 0.298 e. The first kappa shape index (κ1) is 21.6. The van der Waals surface area contributed by atoms with E-state index in [9.17, 15) is 9.59 Å². The SMILES string of the molecule is Cc1ccc(/C=C/c2ccnc(-c3cc(OC=O)cc(-c4cc(OC=O)ccn4)n3)c2)cc1. The molecule has 4 rings (SSSR count). The van der Waals surface area contributed by atoms with Gasteiger partial charge in [0.25, 0.3) is 12.9 Å². The summed E-state index contributed by atoms with van der Waals surface area (Å²) in [5.41, 5.74) is 5.20. The zero-order chi connectivity index (χ0) is 23.0. The van der Waals surface area contributed by atoms with Gasteiger partial charge in [0.1, 0.15) is 11.5 Å². The standard InChI is InChI=1S/C26H19N3O4/c1-18-2-4-19(5-3-18)6-7-20-8-10-27-23(12-20)25-14-22(33-17-31)15-26(29-25)24-13-21(32-16-30)9-11-28-24/h2-17H,1H3/b7-6+. The lowest BCUT2D eigenvalue weighted by molar-refractivity contribution is -0.121. The fourth-order valence-electron chi connectivity index (χ4n) is 3.13. The lowest BCUT2D eigenvalue weighted by Crippen LogP contribution is -1.97. The Morgan fingerprint density at radius 2 is 1.21 bits per heavy atom. The highest BCUT2D eigenvalue weighted by Crippen LogP contribution is 2.28. The van der Waals surface area contributed by atoms with Crippen molar-refractivity contribution in [1.29, 1.82) is 0 Å². The third-order valence-electron chi connectivity index (χ3n) is 4.75. The Bertz CT molecular complexity index is 1320. The minimum atomic E-state index is 0.288. The Morgan fingerprint density at radius 1 is 0.636 bits per heavy atom. The van der Waals surface area contributed by atoms with Gasteiger partial charge in [0.2, 0.25) is 0 Å². The molecule has 7 heteroatoms. The number of carbonyl (C=O) groups excluding carboxylic acids is 2. The van der Waals surface area contributed by atoms with Gasteiger partial charge in [0.15, 0.2) is 0 Å². The number of carbonyl (C=O) groups is 2. The van der Waals surface area contributed by atoms with Crippen molar-refractivity contribution in [3.05, 3.63) is 89.7 Å². The van der Waals surface area contributed by atoms with Gasteiger partial charge in [0.05, 0.1) is 22.8 Å². The van der Waals surface area contributed by atoms with Crippen LogP contribution in [-0.2, 0) is 9.59 Å². The summed E-state index contributed by atoms with van der Waals surface area (Å²) in [6.45, 7) is 2.73. The zero-order valence-corrected chi connectivity index (χ0v) is 17.7. The van der Waals surface area contributed by atoms with Gasteiger partial charge < -0.3 is 9.47 Å². The molecule has 0 bridgehead atoms. The first-order valence-electron chi connectivity index (χ1n) is 10.0. The van der Waals surface area contributed by atoms with E-state index in [1.54, 1.807) is 30.5 Å². The number of hydrogen-bond acceptors (Lipinski definition) is 7. The largest absolute Gasteiger partial charge is 0.429 e. The van der Waals surface area contributed by atoms with Crippen molar-refractivity contribution in [2.24, 2.45) is 0 Å². The van der Waals surface area contributed by atoms with Crippen molar-refractivity contribution in [3.63, 3.8) is 0 Å². The van der Waals surface area contributed by atoms with E-state index < -0.39 is 0 Å². The fourth-order valence-corrected chi connectivity index (χ4v) is 3.13. The van der Waals surface area contributed by atoms with E-state index in [2.05, 4.69) is 39.2 Å². The maximum absolute atomic E-state index is 11.0. The van der Waals surface area contributed by atoms with Crippen LogP contribution in [0.15, 0.2) is 73.1 Å². The molecule has 0 aliphatic rings. The number of aryl methyl sites for hydroxylation is 1. The van der Waals surface area contributed by atoms with E-state index in [4.69, 9.17) is 9.47 Å². The number of ether oxygens (including phenoxy) is 2. The molecule has 0 spiro atoms. The van der Waals surface area contributed by atoms with Gasteiger partial charge in [-0.15, -0.1) is 0 Å². The summed E-state index contributed by atoms with van der Waals surface area (Å²) in [6.07, 6.45) is 7.20. The second kappa shape index (κ2) is 10.1. The third kappa shape index (κ3) is 5.54. The Balaban J connectivity index is 1.70. The summed E-state index contributed by atoms with van der Waals surface area (Å²) in [5.74, 6) is 0.609. The van der Waals surface area contributed by atoms with Crippen molar-refractivity contribution >= 4 is 25.1 Å². The van der Waals surface area contributed by atoms with Crippen LogP contribution in [0, 0.1) is 6.92 Å². The number of nitrogens with zero attached hydrogens (tertiary/aromatic N) is 3. The van der Waals surface area contributed by atoms with Crippen molar-refractivity contribution in [3.8, 4) is 34.3 Å². The zero-order valence-electron chi connectivity index (χ0n) is 17.7. The van der Waals surface area contributed by atoms with E-state index in [0.29, 0.717) is 41.5 Å². The van der Waals surface area contributed by atoms with E-state index >= 15 is 0 Å². The van der Waals surface area contributed by atoms with Crippen LogP contribution in [0.3, 0.4) is 0 Å². The Hall–Kier alpha value is -4.65. The van der Waals surface area contributed by atoms with Crippen molar-refractivity contribution in [1.82, 2.24) is 15.0 Å². The molecule has 0 N–H and O–H groups in total. The summed E-state index contributed by atoms with van der Waals surface area (Å²) in [5, 5.41) is 0. The van der Waals surface area contributed by atoms with Crippen LogP contribution < -0.4 is 9.47 Å². The minimum absolute atomic E-state index is 0.288. The molecule has 0 fully saturated rings. The minimum Gasteiger partial charge on any atom is -0.429 e. The molecular formula is C26H19N3O4. The topological polar surface area (TPSA) is 91.3 Å². The van der Waals surface area contributed by atoms with Crippen LogP contribution in [0.2, 0.25) is 0 Å². The van der Waals surface area contributed by atoms with Crippen LogP contribution >= 0.6 is 0 Å². The van der Waals surface area contributed by atoms with Gasteiger partial charge in [-0.25, -0.2) is 4.98 Å². The lowest BCUT2D eigenvalue weighted by atomic mass is 10.1. The maximum atomic E-state index is 11.0. The Labute approximate surface area is 190 Å². The van der Waals surface area contributed by atoms with Crippen molar-refractivity contribution in [2.75, 3.05) is 0 Å². The van der Waals surface area contributed by atoms with Gasteiger partial charge in [0, 0.05) is 30.6 Å². The first-order valence-corrected chi connectivity index (χ1v) is 10.0. The second-order valence-electron chi connectivity index (χ2n) is 7.10. The van der Waals surface area contributed by atoms with Crippen LogP contribution in [0.5, 0.6) is 11.5 Å². The van der Waals surface area contributed by atoms with Crippen LogP contribution in [0.25, 0.3) is 34.9 Å². The third-order valence-corrected chi connectivity index (χ3v) is 4.75. The van der Waals surface area contributed by atoms with Crippen molar-refractivity contribution < 1.29 is 19.1 Å². The summed E-state index contributed by atoms with van der Waals surface area (Å²) < 4.78 is 9.97. The Kier molecular flexibility index (Phi) is 6.61. The molecule has 0 aliphatic carbocycles. The number of aromatic nitrogens is 3. The van der Waals surface area contributed by atoms with E-state index in [1.807, 2.05) is 31.2 Å². The number of pyridine rings is 3. The molecule has 0 unspecified atom stereocenters. The molecule has 0 amide bonds. The molecular weight excluding hydrogens is 418 g/mol. The van der Waals surface area contributed by atoms with Gasteiger partial charge >= 0.3 is 0 Å². The maximum Gasteiger partial charge on any atom is 0.298 e. The van der Waals surface area contributed by atoms with E-state index in [-0.39, 0.29) is 5.75 Å². The average molecular weight is 437 g/mol. The van der Waals surface area contributed by atoms with Gasteiger partial charge in [-0.1, -0.05) is 42.0 Å². The molecule has 0 saturated carbocycles. The summed E-state index contributed by atoms with van der Waals surface area (Å²) in [7, 11) is 0. The van der Waals surface area contributed by atoms with Crippen LogP contribution in [0.1, 0.15) is 16.7 Å². The lowest BCUT2D eigenvalue weighted by Gasteiger charge is -2.08. The second-order valence-corrected chi connectivity index (χ2v) is 7.10. The summed E-state index contributed by atoms with van der Waals surface area (Å²) >= 11 is 0. The van der Waals surface area contributed by atoms with E-state index in [0.717, 1.165) is 11.1 Å². The molecule has 3 aromatic heterocycles. The van der Waals surface area contributed by atoms with E-state index in [1.165, 1.54) is 11.8 Å². The molecule has 0 radical (unpaired) electrons. The number of rotatable bonds is 8. The predicted molar refractivity (Wildman–Crippen MR) is 124 cm³/mol. The monoisotopic (exact) mass is 437 g/mol. The molecule has 0 saturated heterocycles. The van der Waals surface area contributed by atoms with Gasteiger partial charge in [-0.05, 0) is 36.2 Å². The van der Waals surface area contributed by atoms with Crippen LogP contribution in [0.4, 0.5) is 0 Å². The molecule has 7 nitrogen and oxygen atoms in total. The van der Waals surface area contributed by atoms with Crippen LogP contribution in [-0.4, -0.2) is 27.9 Å². The average Bonchev–Trinajstić information content (AvgIpc) is 2.84. The molecule has 0 aliphatic heterocycles. The quantitative estimate of drug-likeness (QED) is 0.367. The normalized spacial score (nSPS) is 10.7. The highest BCUT2D eigenvalue weighted by atomic mass is 16.5. The first-order chi connectivity index (χ1) is 16.1. The molecule has 0 atom stereocenters. The highest BCUT2D eigenvalue weighted by Gasteiger charge is 2.11. The predicted octanol–water partition coefficient (Wildman–Crippen LogP) is 4.75. The molecule has 162 valence electrons. The van der Waals surface area contributed by atoms with Gasteiger partial charge in [-0.3, -0.25) is 19.6 Å². The number of benzene rings is 1. The fraction of sp³-hybridized carbons (Fsp3) is 0.0385. The number of hydrogen-bond donors (Lipinski definition) is 0. The summed E-state index contributed by atoms with van der Waals surface area (Å²) in [6, 6.07) is 18.3.